The van der Waals surface area contributed by atoms with E-state index in [0.717, 1.165) is 11.5 Å². The maximum atomic E-state index is 9.99. The van der Waals surface area contributed by atoms with Crippen molar-refractivity contribution in [2.75, 3.05) is 5.32 Å². The van der Waals surface area contributed by atoms with Crippen molar-refractivity contribution in [1.82, 2.24) is 9.36 Å². The highest BCUT2D eigenvalue weighted by Gasteiger charge is 2.02. The molecule has 5 nitrogen and oxygen atoms in total. The van der Waals surface area contributed by atoms with E-state index in [9.17, 15) is 4.79 Å². The first-order valence-electron chi connectivity index (χ1n) is 2.17. The summed E-state index contributed by atoms with van der Waals surface area (Å²) in [6, 6.07) is 0. The molecule has 0 atom stereocenters. The fourth-order valence-corrected chi connectivity index (χ4v) is 1.32. The van der Waals surface area contributed by atoms with Crippen molar-refractivity contribution < 1.29 is 9.90 Å². The van der Waals surface area contributed by atoms with Gasteiger partial charge in [0.2, 0.25) is 9.87 Å². The van der Waals surface area contributed by atoms with Gasteiger partial charge in [0.25, 0.3) is 0 Å². The number of nitrogens with one attached hydrogen (secondary N) is 1. The second kappa shape index (κ2) is 2.93. The summed E-state index contributed by atoms with van der Waals surface area (Å²) in [7, 11) is 0. The maximum absolute atomic E-state index is 9.99. The fourth-order valence-electron chi connectivity index (χ4n) is 0.348. The number of hydrogen-bond acceptors (Lipinski definition) is 4. The average molecular weight is 224 g/mol. The van der Waals surface area contributed by atoms with Gasteiger partial charge < -0.3 is 5.11 Å². The van der Waals surface area contributed by atoms with E-state index >= 15 is 0 Å². The lowest BCUT2D eigenvalue weighted by Crippen LogP contribution is -2.06. The van der Waals surface area contributed by atoms with Gasteiger partial charge in [0, 0.05) is 11.5 Å². The third-order valence-electron chi connectivity index (χ3n) is 0.615. The van der Waals surface area contributed by atoms with Crippen LogP contribution in [0, 0.1) is 0 Å². The fraction of sp³-hybridized carbons (Fsp3) is 0. The number of carboxylic acid groups (broad SMARTS) is 1. The van der Waals surface area contributed by atoms with E-state index in [4.69, 9.17) is 5.11 Å². The van der Waals surface area contributed by atoms with Gasteiger partial charge in [-0.2, -0.15) is 9.36 Å². The Bertz CT molecular complexity index is 250. The molecule has 1 heterocycles. The smallest absolute Gasteiger partial charge is 0.411 e. The van der Waals surface area contributed by atoms with E-state index in [1.807, 2.05) is 0 Å². The number of carbonyl (C=O) groups is 1. The molecule has 0 bridgehead atoms. The van der Waals surface area contributed by atoms with Crippen molar-refractivity contribution >= 4 is 38.7 Å². The third kappa shape index (κ3) is 1.92. The Morgan fingerprint density at radius 3 is 2.90 bits per heavy atom. The van der Waals surface area contributed by atoms with Crippen LogP contribution in [0.2, 0.25) is 0 Å². The molecule has 0 fully saturated rings. The number of hydrogen-bond donors (Lipinski definition) is 2. The molecule has 0 aliphatic heterocycles. The van der Waals surface area contributed by atoms with Gasteiger partial charge in [0.1, 0.15) is 0 Å². The zero-order valence-electron chi connectivity index (χ0n) is 4.54. The number of aromatic nitrogens is 2. The van der Waals surface area contributed by atoms with Gasteiger partial charge in [0.05, 0.1) is 0 Å². The Morgan fingerprint density at radius 1 is 1.80 bits per heavy atom. The van der Waals surface area contributed by atoms with Crippen LogP contribution < -0.4 is 5.32 Å². The van der Waals surface area contributed by atoms with Gasteiger partial charge in [-0.3, -0.25) is 5.32 Å². The topological polar surface area (TPSA) is 75.1 Å². The molecule has 2 N–H and O–H groups in total. The van der Waals surface area contributed by atoms with E-state index in [1.54, 1.807) is 0 Å². The van der Waals surface area contributed by atoms with Crippen LogP contribution in [0.4, 0.5) is 9.93 Å². The molecule has 0 spiro atoms. The summed E-state index contributed by atoms with van der Waals surface area (Å²) < 4.78 is 4.08. The molecule has 7 heteroatoms. The van der Waals surface area contributed by atoms with Crippen molar-refractivity contribution in [3.63, 3.8) is 0 Å². The molecule has 0 saturated heterocycles. The largest absolute Gasteiger partial charge is 0.465 e. The molecule has 1 aromatic rings. The van der Waals surface area contributed by atoms with Gasteiger partial charge in [-0.15, -0.1) is 0 Å². The second-order valence-electron chi connectivity index (χ2n) is 1.30. The van der Waals surface area contributed by atoms with E-state index in [1.165, 1.54) is 0 Å². The number of anilines is 1. The lowest BCUT2D eigenvalue weighted by Gasteiger charge is -1.88. The quantitative estimate of drug-likeness (QED) is 0.755. The van der Waals surface area contributed by atoms with Crippen molar-refractivity contribution in [1.29, 1.82) is 0 Å². The first kappa shape index (κ1) is 7.42. The highest BCUT2D eigenvalue weighted by molar-refractivity contribution is 9.10. The molecule has 1 aromatic heterocycles. The Morgan fingerprint density at radius 2 is 2.50 bits per heavy atom. The minimum absolute atomic E-state index is 0.263. The monoisotopic (exact) mass is 223 g/mol. The number of halogens is 1. The highest BCUT2D eigenvalue weighted by atomic mass is 79.9. The Balaban J connectivity index is 2.67. The van der Waals surface area contributed by atoms with Crippen LogP contribution in [0.1, 0.15) is 0 Å². The zero-order valence-corrected chi connectivity index (χ0v) is 6.94. The number of rotatable bonds is 1. The number of amides is 1. The first-order chi connectivity index (χ1) is 4.68. The van der Waals surface area contributed by atoms with Crippen LogP contribution in [-0.4, -0.2) is 20.6 Å². The first-order valence-corrected chi connectivity index (χ1v) is 3.74. The number of nitrogens with zero attached hydrogens (tertiary/aromatic N) is 2. The normalized spacial score (nSPS) is 9.30. The molecule has 0 radical (unpaired) electrons. The Labute approximate surface area is 68.4 Å². The van der Waals surface area contributed by atoms with E-state index in [-0.39, 0.29) is 5.13 Å². The van der Waals surface area contributed by atoms with E-state index in [0.29, 0.717) is 4.73 Å². The van der Waals surface area contributed by atoms with Crippen molar-refractivity contribution in [3.8, 4) is 0 Å². The molecule has 0 aliphatic rings. The van der Waals surface area contributed by atoms with Crippen molar-refractivity contribution in [2.24, 2.45) is 0 Å². The summed E-state index contributed by atoms with van der Waals surface area (Å²) in [5.74, 6) is 0. The van der Waals surface area contributed by atoms with Crippen LogP contribution in [0.25, 0.3) is 0 Å². The van der Waals surface area contributed by atoms with Crippen LogP contribution in [-0.2, 0) is 0 Å². The molecular formula is C3H2BrN3O2S. The highest BCUT2D eigenvalue weighted by Crippen LogP contribution is 2.13. The lowest BCUT2D eigenvalue weighted by atomic mass is 11.0. The predicted octanol–water partition coefficient (Wildman–Crippen LogP) is 1.39. The summed E-state index contributed by atoms with van der Waals surface area (Å²) in [6.07, 6.45) is -1.14. The van der Waals surface area contributed by atoms with Gasteiger partial charge in [0.15, 0.2) is 0 Å². The summed E-state index contributed by atoms with van der Waals surface area (Å²) in [6.45, 7) is 0. The zero-order chi connectivity index (χ0) is 7.56. The van der Waals surface area contributed by atoms with Gasteiger partial charge in [-0.1, -0.05) is 0 Å². The minimum Gasteiger partial charge on any atom is -0.465 e. The second-order valence-corrected chi connectivity index (χ2v) is 2.76. The minimum atomic E-state index is -1.14. The third-order valence-corrected chi connectivity index (χ3v) is 1.84. The summed E-state index contributed by atoms with van der Waals surface area (Å²) in [5.41, 5.74) is 0. The van der Waals surface area contributed by atoms with Gasteiger partial charge in [-0.25, -0.2) is 4.79 Å². The van der Waals surface area contributed by atoms with Crippen molar-refractivity contribution in [3.05, 3.63) is 4.73 Å². The molecule has 10 heavy (non-hydrogen) atoms. The molecule has 54 valence electrons. The molecular weight excluding hydrogens is 222 g/mol. The molecule has 1 rings (SSSR count). The molecule has 0 aliphatic carbocycles. The SMILES string of the molecule is O=C(O)Nc1nc(Br)ns1. The van der Waals surface area contributed by atoms with E-state index in [2.05, 4.69) is 30.6 Å². The van der Waals surface area contributed by atoms with E-state index < -0.39 is 6.09 Å². The molecule has 0 unspecified atom stereocenters. The standard InChI is InChI=1S/C3H2BrN3O2S/c4-1-5-2(10-7-1)6-3(8)9/h(H,8,9)(H,5,6,7). The average Bonchev–Trinajstić information content (AvgIpc) is 2.13. The van der Waals surface area contributed by atoms with Crippen LogP contribution in [0.3, 0.4) is 0 Å². The molecule has 0 saturated carbocycles. The maximum Gasteiger partial charge on any atom is 0.411 e. The van der Waals surface area contributed by atoms with Crippen LogP contribution in [0.15, 0.2) is 4.73 Å². The van der Waals surface area contributed by atoms with Crippen LogP contribution >= 0.6 is 27.5 Å². The van der Waals surface area contributed by atoms with Crippen LogP contribution in [0.5, 0.6) is 0 Å². The predicted molar refractivity (Wildman–Crippen MR) is 39.3 cm³/mol. The molecule has 1 amide bonds. The van der Waals surface area contributed by atoms with Gasteiger partial charge in [-0.05, 0) is 15.9 Å². The summed E-state index contributed by atoms with van der Waals surface area (Å²) >= 11 is 3.96. The van der Waals surface area contributed by atoms with Crippen molar-refractivity contribution in [2.45, 2.75) is 0 Å². The molecule has 0 aromatic carbocycles. The Kier molecular flexibility index (Phi) is 2.17. The summed E-state index contributed by atoms with van der Waals surface area (Å²) in [5, 5.41) is 10.5. The lowest BCUT2D eigenvalue weighted by molar-refractivity contribution is 0.209. The summed E-state index contributed by atoms with van der Waals surface area (Å²) in [4.78, 5) is 13.7. The van der Waals surface area contributed by atoms with Gasteiger partial charge >= 0.3 is 6.09 Å². The Hall–Kier alpha value is -0.690.